The van der Waals surface area contributed by atoms with Gasteiger partial charge < -0.3 is 9.97 Å². The van der Waals surface area contributed by atoms with E-state index < -0.39 is 0 Å². The van der Waals surface area contributed by atoms with Crippen molar-refractivity contribution in [1.82, 2.24) is 15.0 Å². The fraction of sp³-hybridized carbons (Fsp3) is 0.111. The standard InChI is InChI=1S/C9H8ClN3S/c1-5-8(13-9(14)12-5)6-2-3-11-7(10)4-6/h2-4H,1H3,(H2,12,13,14). The summed E-state index contributed by atoms with van der Waals surface area (Å²) >= 11 is 10.8. The van der Waals surface area contributed by atoms with E-state index >= 15 is 0 Å². The molecule has 0 radical (unpaired) electrons. The number of nitrogens with one attached hydrogen (secondary N) is 2. The van der Waals surface area contributed by atoms with Gasteiger partial charge in [0.25, 0.3) is 0 Å². The Kier molecular flexibility index (Phi) is 2.39. The molecule has 2 aromatic heterocycles. The van der Waals surface area contributed by atoms with Crippen molar-refractivity contribution in [3.63, 3.8) is 0 Å². The summed E-state index contributed by atoms with van der Waals surface area (Å²) in [6, 6.07) is 3.68. The highest BCUT2D eigenvalue weighted by atomic mass is 35.5. The van der Waals surface area contributed by atoms with E-state index in [2.05, 4.69) is 15.0 Å². The Bertz CT molecular complexity index is 515. The van der Waals surface area contributed by atoms with Gasteiger partial charge in [0.15, 0.2) is 4.77 Å². The molecule has 2 N–H and O–H groups in total. The average Bonchev–Trinajstić information content (AvgIpc) is 2.45. The van der Waals surface area contributed by atoms with Gasteiger partial charge in [0.1, 0.15) is 5.15 Å². The molecule has 3 nitrogen and oxygen atoms in total. The van der Waals surface area contributed by atoms with Crippen LogP contribution in [0.4, 0.5) is 0 Å². The number of imidazole rings is 1. The third-order valence-corrected chi connectivity index (χ3v) is 2.34. The second-order valence-electron chi connectivity index (χ2n) is 2.95. The summed E-state index contributed by atoms with van der Waals surface area (Å²) in [6.07, 6.45) is 1.67. The lowest BCUT2D eigenvalue weighted by atomic mass is 10.2. The van der Waals surface area contributed by atoms with Gasteiger partial charge in [0.05, 0.1) is 5.69 Å². The van der Waals surface area contributed by atoms with E-state index in [4.69, 9.17) is 23.8 Å². The Labute approximate surface area is 91.2 Å². The number of halogens is 1. The fourth-order valence-corrected chi connectivity index (χ4v) is 1.75. The molecule has 0 saturated carbocycles. The van der Waals surface area contributed by atoms with E-state index in [9.17, 15) is 0 Å². The second kappa shape index (κ2) is 3.55. The number of aryl methyl sites for hydroxylation is 1. The van der Waals surface area contributed by atoms with Gasteiger partial charge in [0.2, 0.25) is 0 Å². The molecule has 0 aliphatic rings. The van der Waals surface area contributed by atoms with Crippen LogP contribution in [0, 0.1) is 11.7 Å². The van der Waals surface area contributed by atoms with Crippen LogP contribution in [0.1, 0.15) is 5.69 Å². The first kappa shape index (κ1) is 9.43. The number of H-pyrrole nitrogens is 2. The van der Waals surface area contributed by atoms with Crippen LogP contribution in [-0.2, 0) is 0 Å². The molecular formula is C9H8ClN3S. The maximum Gasteiger partial charge on any atom is 0.175 e. The quantitative estimate of drug-likeness (QED) is 0.579. The summed E-state index contributed by atoms with van der Waals surface area (Å²) in [5, 5.41) is 0.474. The summed E-state index contributed by atoms with van der Waals surface area (Å²) in [5.41, 5.74) is 2.94. The third kappa shape index (κ3) is 1.71. The molecule has 0 fully saturated rings. The van der Waals surface area contributed by atoms with Gasteiger partial charge >= 0.3 is 0 Å². The minimum atomic E-state index is 0.474. The molecule has 72 valence electrons. The number of aromatic nitrogens is 3. The van der Waals surface area contributed by atoms with Gasteiger partial charge in [-0.2, -0.15) is 0 Å². The van der Waals surface area contributed by atoms with Crippen molar-refractivity contribution >= 4 is 23.8 Å². The predicted molar refractivity (Wildman–Crippen MR) is 59.0 cm³/mol. The first-order valence-electron chi connectivity index (χ1n) is 4.07. The molecule has 14 heavy (non-hydrogen) atoms. The van der Waals surface area contributed by atoms with E-state index in [-0.39, 0.29) is 0 Å². The van der Waals surface area contributed by atoms with Crippen LogP contribution in [0.25, 0.3) is 11.3 Å². The van der Waals surface area contributed by atoms with Crippen molar-refractivity contribution in [3.05, 3.63) is 33.9 Å². The van der Waals surface area contributed by atoms with Crippen LogP contribution >= 0.6 is 23.8 Å². The summed E-state index contributed by atoms with van der Waals surface area (Å²) in [6.45, 7) is 1.95. The number of hydrogen-bond acceptors (Lipinski definition) is 2. The van der Waals surface area contributed by atoms with Crippen LogP contribution in [-0.4, -0.2) is 15.0 Å². The molecule has 0 unspecified atom stereocenters. The van der Waals surface area contributed by atoms with Gasteiger partial charge in [-0.05, 0) is 31.3 Å². The lowest BCUT2D eigenvalue weighted by Gasteiger charge is -1.98. The van der Waals surface area contributed by atoms with E-state index in [1.807, 2.05) is 13.0 Å². The molecule has 5 heteroatoms. The molecule has 0 amide bonds. The van der Waals surface area contributed by atoms with Crippen LogP contribution in [0.3, 0.4) is 0 Å². The minimum absolute atomic E-state index is 0.474. The average molecular weight is 226 g/mol. The van der Waals surface area contributed by atoms with E-state index in [0.717, 1.165) is 17.0 Å². The van der Waals surface area contributed by atoms with E-state index in [0.29, 0.717) is 9.92 Å². The van der Waals surface area contributed by atoms with Crippen molar-refractivity contribution < 1.29 is 0 Å². The van der Waals surface area contributed by atoms with Crippen molar-refractivity contribution in [2.24, 2.45) is 0 Å². The molecular weight excluding hydrogens is 218 g/mol. The molecule has 2 heterocycles. The normalized spacial score (nSPS) is 10.4. The van der Waals surface area contributed by atoms with Crippen molar-refractivity contribution in [3.8, 4) is 11.3 Å². The Hall–Kier alpha value is -1.13. The highest BCUT2D eigenvalue weighted by Gasteiger charge is 2.04. The number of nitrogens with zero attached hydrogens (tertiary/aromatic N) is 1. The SMILES string of the molecule is Cc1[nH]c(=S)[nH]c1-c1ccnc(Cl)c1. The highest BCUT2D eigenvalue weighted by molar-refractivity contribution is 7.71. The lowest BCUT2D eigenvalue weighted by molar-refractivity contribution is 1.22. The maximum atomic E-state index is 5.79. The van der Waals surface area contributed by atoms with Gasteiger partial charge in [-0.3, -0.25) is 0 Å². The van der Waals surface area contributed by atoms with E-state index in [1.54, 1.807) is 12.3 Å². The zero-order valence-electron chi connectivity index (χ0n) is 7.47. The Morgan fingerprint density at radius 3 is 2.79 bits per heavy atom. The first-order chi connectivity index (χ1) is 6.66. The monoisotopic (exact) mass is 225 g/mol. The number of rotatable bonds is 1. The topological polar surface area (TPSA) is 44.5 Å². The summed E-state index contributed by atoms with van der Waals surface area (Å²) in [5.74, 6) is 0. The summed E-state index contributed by atoms with van der Waals surface area (Å²) in [4.78, 5) is 10.00. The molecule has 0 bridgehead atoms. The van der Waals surface area contributed by atoms with Crippen molar-refractivity contribution in [1.29, 1.82) is 0 Å². The smallest absolute Gasteiger partial charge is 0.175 e. The fourth-order valence-electron chi connectivity index (χ4n) is 1.32. The molecule has 0 aliphatic carbocycles. The van der Waals surface area contributed by atoms with Gasteiger partial charge in [0, 0.05) is 17.5 Å². The number of hydrogen-bond donors (Lipinski definition) is 2. The molecule has 0 aliphatic heterocycles. The molecule has 2 rings (SSSR count). The second-order valence-corrected chi connectivity index (χ2v) is 3.74. The molecule has 0 saturated heterocycles. The van der Waals surface area contributed by atoms with Crippen LogP contribution in [0.15, 0.2) is 18.3 Å². The van der Waals surface area contributed by atoms with Crippen LogP contribution < -0.4 is 0 Å². The number of aromatic amines is 2. The minimum Gasteiger partial charge on any atom is -0.334 e. The molecule has 2 aromatic rings. The summed E-state index contributed by atoms with van der Waals surface area (Å²) < 4.78 is 0.616. The zero-order valence-corrected chi connectivity index (χ0v) is 9.04. The largest absolute Gasteiger partial charge is 0.334 e. The lowest BCUT2D eigenvalue weighted by Crippen LogP contribution is -1.82. The van der Waals surface area contributed by atoms with E-state index in [1.165, 1.54) is 0 Å². The third-order valence-electron chi connectivity index (χ3n) is 1.93. The van der Waals surface area contributed by atoms with Gasteiger partial charge in [-0.25, -0.2) is 4.98 Å². The van der Waals surface area contributed by atoms with Crippen molar-refractivity contribution in [2.75, 3.05) is 0 Å². The maximum absolute atomic E-state index is 5.79. The molecule has 0 atom stereocenters. The molecule has 0 spiro atoms. The first-order valence-corrected chi connectivity index (χ1v) is 4.86. The Balaban J connectivity index is 2.59. The van der Waals surface area contributed by atoms with Crippen LogP contribution in [0.5, 0.6) is 0 Å². The molecule has 0 aromatic carbocycles. The highest BCUT2D eigenvalue weighted by Crippen LogP contribution is 2.21. The number of pyridine rings is 1. The van der Waals surface area contributed by atoms with Gasteiger partial charge in [-0.15, -0.1) is 0 Å². The van der Waals surface area contributed by atoms with Crippen molar-refractivity contribution in [2.45, 2.75) is 6.92 Å². The van der Waals surface area contributed by atoms with Gasteiger partial charge in [-0.1, -0.05) is 11.6 Å². The van der Waals surface area contributed by atoms with Crippen LogP contribution in [0.2, 0.25) is 5.15 Å². The summed E-state index contributed by atoms with van der Waals surface area (Å²) in [7, 11) is 0. The Morgan fingerprint density at radius 1 is 1.43 bits per heavy atom. The zero-order chi connectivity index (χ0) is 10.1. The Morgan fingerprint density at radius 2 is 2.21 bits per heavy atom. The predicted octanol–water partition coefficient (Wildman–Crippen LogP) is 3.10.